The predicted molar refractivity (Wildman–Crippen MR) is 72.5 cm³/mol. The summed E-state index contributed by atoms with van der Waals surface area (Å²) in [4.78, 5) is 11.9. The molecule has 0 atom stereocenters. The second-order valence-corrected chi connectivity index (χ2v) is 5.01. The predicted octanol–water partition coefficient (Wildman–Crippen LogP) is 2.65. The van der Waals surface area contributed by atoms with Gasteiger partial charge < -0.3 is 15.8 Å². The van der Waals surface area contributed by atoms with Crippen molar-refractivity contribution in [3.63, 3.8) is 0 Å². The first kappa shape index (κ1) is 16.8. The number of benzene rings is 1. The molecule has 0 heterocycles. The summed E-state index contributed by atoms with van der Waals surface area (Å²) in [5, 5.41) is 2.47. The number of hydrogen-bond acceptors (Lipinski definition) is 3. The minimum absolute atomic E-state index is 0.0131. The molecule has 1 aromatic rings. The van der Waals surface area contributed by atoms with Gasteiger partial charge in [-0.1, -0.05) is 15.9 Å². The fourth-order valence-corrected chi connectivity index (χ4v) is 1.93. The number of nitrogens with one attached hydrogen (secondary N) is 1. The Morgan fingerprint density at radius 3 is 2.70 bits per heavy atom. The number of carbonyl (C=O) groups excluding carboxylic acids is 1. The van der Waals surface area contributed by atoms with Crippen LogP contribution in [-0.4, -0.2) is 31.8 Å². The maximum absolute atomic E-state index is 11.9. The molecule has 1 aromatic carbocycles. The standard InChI is InChI=1S/C12H14BrF3N2O2/c1-7-9(4-8(13)5-10(7)17)11(19)18-2-3-20-6-12(14,15)16/h4-5H,2-3,6,17H2,1H3,(H,18,19). The Morgan fingerprint density at radius 1 is 1.45 bits per heavy atom. The summed E-state index contributed by atoms with van der Waals surface area (Å²) in [6.07, 6.45) is -4.36. The van der Waals surface area contributed by atoms with E-state index < -0.39 is 18.7 Å². The zero-order chi connectivity index (χ0) is 15.3. The molecule has 20 heavy (non-hydrogen) atoms. The maximum atomic E-state index is 11.9. The molecule has 0 aliphatic heterocycles. The normalized spacial score (nSPS) is 11.4. The van der Waals surface area contributed by atoms with E-state index in [1.807, 2.05) is 0 Å². The molecule has 112 valence electrons. The third-order valence-corrected chi connectivity index (χ3v) is 2.91. The maximum Gasteiger partial charge on any atom is 0.411 e. The van der Waals surface area contributed by atoms with E-state index in [0.717, 1.165) is 0 Å². The second-order valence-electron chi connectivity index (χ2n) is 4.09. The van der Waals surface area contributed by atoms with Gasteiger partial charge >= 0.3 is 6.18 Å². The van der Waals surface area contributed by atoms with Gasteiger partial charge in [-0.15, -0.1) is 0 Å². The van der Waals surface area contributed by atoms with Crippen molar-refractivity contribution in [2.75, 3.05) is 25.5 Å². The van der Waals surface area contributed by atoms with Gasteiger partial charge in [-0.25, -0.2) is 0 Å². The lowest BCUT2D eigenvalue weighted by molar-refractivity contribution is -0.173. The van der Waals surface area contributed by atoms with Crippen molar-refractivity contribution < 1.29 is 22.7 Å². The number of nitrogens with two attached hydrogens (primary N) is 1. The number of alkyl halides is 3. The topological polar surface area (TPSA) is 64.4 Å². The molecule has 0 bridgehead atoms. The number of amides is 1. The van der Waals surface area contributed by atoms with E-state index in [9.17, 15) is 18.0 Å². The monoisotopic (exact) mass is 354 g/mol. The molecular formula is C12H14BrF3N2O2. The first-order chi connectivity index (χ1) is 9.20. The Kier molecular flexibility index (Phi) is 5.82. The minimum atomic E-state index is -4.36. The summed E-state index contributed by atoms with van der Waals surface area (Å²) in [7, 11) is 0. The van der Waals surface area contributed by atoms with E-state index in [2.05, 4.69) is 26.0 Å². The average molecular weight is 355 g/mol. The molecular weight excluding hydrogens is 341 g/mol. The average Bonchev–Trinajstić information content (AvgIpc) is 2.31. The molecule has 1 amide bonds. The van der Waals surface area contributed by atoms with Gasteiger partial charge in [0.15, 0.2) is 0 Å². The molecule has 0 aliphatic carbocycles. The van der Waals surface area contributed by atoms with Gasteiger partial charge in [-0.05, 0) is 24.6 Å². The lowest BCUT2D eigenvalue weighted by Crippen LogP contribution is -2.29. The first-order valence-electron chi connectivity index (χ1n) is 5.69. The summed E-state index contributed by atoms with van der Waals surface area (Å²) in [5.41, 5.74) is 7.16. The smallest absolute Gasteiger partial charge is 0.398 e. The van der Waals surface area contributed by atoms with E-state index in [-0.39, 0.29) is 13.2 Å². The van der Waals surface area contributed by atoms with Crippen molar-refractivity contribution in [3.8, 4) is 0 Å². The first-order valence-corrected chi connectivity index (χ1v) is 6.48. The van der Waals surface area contributed by atoms with Crippen LogP contribution in [0.2, 0.25) is 0 Å². The Bertz CT molecular complexity index is 492. The summed E-state index contributed by atoms with van der Waals surface area (Å²) >= 11 is 3.22. The molecule has 0 spiro atoms. The fraction of sp³-hybridized carbons (Fsp3) is 0.417. The van der Waals surface area contributed by atoms with Crippen molar-refractivity contribution in [1.29, 1.82) is 0 Å². The van der Waals surface area contributed by atoms with Gasteiger partial charge in [-0.2, -0.15) is 13.2 Å². The zero-order valence-corrected chi connectivity index (χ0v) is 12.3. The number of halogens is 4. The highest BCUT2D eigenvalue weighted by Crippen LogP contribution is 2.22. The Balaban J connectivity index is 2.48. The Morgan fingerprint density at radius 2 is 2.10 bits per heavy atom. The van der Waals surface area contributed by atoms with E-state index in [4.69, 9.17) is 5.73 Å². The van der Waals surface area contributed by atoms with E-state index in [1.54, 1.807) is 19.1 Å². The van der Waals surface area contributed by atoms with E-state index in [1.165, 1.54) is 0 Å². The van der Waals surface area contributed by atoms with Crippen molar-refractivity contribution in [1.82, 2.24) is 5.32 Å². The molecule has 0 fully saturated rings. The van der Waals surface area contributed by atoms with Crippen LogP contribution in [-0.2, 0) is 4.74 Å². The van der Waals surface area contributed by atoms with Crippen LogP contribution in [0.3, 0.4) is 0 Å². The molecule has 0 unspecified atom stereocenters. The van der Waals surface area contributed by atoms with Gasteiger partial charge in [0, 0.05) is 22.3 Å². The number of carbonyl (C=O) groups is 1. The third-order valence-electron chi connectivity index (χ3n) is 2.45. The summed E-state index contributed by atoms with van der Waals surface area (Å²) in [6.45, 7) is 0.136. The molecule has 0 aliphatic rings. The SMILES string of the molecule is Cc1c(N)cc(Br)cc1C(=O)NCCOCC(F)(F)F. The molecule has 0 radical (unpaired) electrons. The zero-order valence-electron chi connectivity index (χ0n) is 10.7. The number of ether oxygens (including phenoxy) is 1. The van der Waals surface area contributed by atoms with E-state index >= 15 is 0 Å². The van der Waals surface area contributed by atoms with Crippen LogP contribution < -0.4 is 11.1 Å². The minimum Gasteiger partial charge on any atom is -0.398 e. The number of nitrogen functional groups attached to an aromatic ring is 1. The molecule has 4 nitrogen and oxygen atoms in total. The van der Waals surface area contributed by atoms with Crippen molar-refractivity contribution in [2.45, 2.75) is 13.1 Å². The van der Waals surface area contributed by atoms with Crippen LogP contribution in [0.4, 0.5) is 18.9 Å². The number of hydrogen-bond donors (Lipinski definition) is 2. The van der Waals surface area contributed by atoms with E-state index in [0.29, 0.717) is 21.3 Å². The Labute approximate surface area is 122 Å². The van der Waals surface area contributed by atoms with Crippen LogP contribution in [0.1, 0.15) is 15.9 Å². The molecule has 0 saturated heterocycles. The highest BCUT2D eigenvalue weighted by atomic mass is 79.9. The van der Waals surface area contributed by atoms with Crippen LogP contribution in [0, 0.1) is 6.92 Å². The van der Waals surface area contributed by atoms with Crippen LogP contribution >= 0.6 is 15.9 Å². The van der Waals surface area contributed by atoms with Crippen LogP contribution in [0.5, 0.6) is 0 Å². The number of anilines is 1. The number of rotatable bonds is 5. The van der Waals surface area contributed by atoms with Gasteiger partial charge in [0.05, 0.1) is 6.61 Å². The Hall–Kier alpha value is -1.28. The molecule has 0 aromatic heterocycles. The lowest BCUT2D eigenvalue weighted by Gasteiger charge is -2.11. The summed E-state index contributed by atoms with van der Waals surface area (Å²) < 4.78 is 40.5. The fourth-order valence-electron chi connectivity index (χ4n) is 1.46. The second kappa shape index (κ2) is 6.94. The van der Waals surface area contributed by atoms with Crippen LogP contribution in [0.15, 0.2) is 16.6 Å². The van der Waals surface area contributed by atoms with Gasteiger partial charge in [0.25, 0.3) is 5.91 Å². The van der Waals surface area contributed by atoms with Gasteiger partial charge in [0.1, 0.15) is 6.61 Å². The molecule has 3 N–H and O–H groups in total. The molecule has 8 heteroatoms. The molecule has 0 saturated carbocycles. The summed E-state index contributed by atoms with van der Waals surface area (Å²) in [6, 6.07) is 3.26. The quantitative estimate of drug-likeness (QED) is 0.631. The highest BCUT2D eigenvalue weighted by molar-refractivity contribution is 9.10. The van der Waals surface area contributed by atoms with Crippen LogP contribution in [0.25, 0.3) is 0 Å². The summed E-state index contributed by atoms with van der Waals surface area (Å²) in [5.74, 6) is -0.411. The largest absolute Gasteiger partial charge is 0.411 e. The lowest BCUT2D eigenvalue weighted by atomic mass is 10.1. The van der Waals surface area contributed by atoms with Gasteiger partial charge in [-0.3, -0.25) is 4.79 Å². The van der Waals surface area contributed by atoms with Crippen molar-refractivity contribution >= 4 is 27.5 Å². The molecule has 1 rings (SSSR count). The van der Waals surface area contributed by atoms with Gasteiger partial charge in [0.2, 0.25) is 0 Å². The highest BCUT2D eigenvalue weighted by Gasteiger charge is 2.27. The third kappa shape index (κ3) is 5.38. The van der Waals surface area contributed by atoms with Crippen molar-refractivity contribution in [3.05, 3.63) is 27.7 Å². The van der Waals surface area contributed by atoms with Crippen molar-refractivity contribution in [2.24, 2.45) is 0 Å².